The van der Waals surface area contributed by atoms with Crippen LogP contribution in [-0.2, 0) is 11.0 Å². The minimum Gasteiger partial charge on any atom is -0.273 e. The van der Waals surface area contributed by atoms with E-state index >= 15 is 0 Å². The van der Waals surface area contributed by atoms with Crippen LogP contribution in [0.3, 0.4) is 0 Å². The molecule has 0 aliphatic rings. The average molecular weight is 337 g/mol. The van der Waals surface area contributed by atoms with Gasteiger partial charge in [0.15, 0.2) is 0 Å². The molecule has 2 amide bonds. The molecule has 5 nitrogen and oxygen atoms in total. The van der Waals surface area contributed by atoms with Gasteiger partial charge < -0.3 is 0 Å². The molecule has 8 heteroatoms. The third kappa shape index (κ3) is 3.72. The molecular weight excluding hydrogens is 323 g/mol. The van der Waals surface area contributed by atoms with Crippen LogP contribution in [0.4, 0.5) is 18.9 Å². The van der Waals surface area contributed by atoms with Crippen molar-refractivity contribution >= 4 is 17.5 Å². The summed E-state index contributed by atoms with van der Waals surface area (Å²) in [7, 11) is 0. The number of hydrogen-bond acceptors (Lipinski definition) is 3. The lowest BCUT2D eigenvalue weighted by Crippen LogP contribution is -2.53. The normalized spacial score (nSPS) is 11.0. The molecule has 0 bridgehead atoms. The van der Waals surface area contributed by atoms with Crippen LogP contribution in [-0.4, -0.2) is 16.9 Å². The summed E-state index contributed by atoms with van der Waals surface area (Å²) in [4.78, 5) is 24.2. The number of carbonyl (C=O) groups is 2. The largest absolute Gasteiger partial charge is 0.416 e. The van der Waals surface area contributed by atoms with Crippen LogP contribution in [0.5, 0.6) is 0 Å². The number of anilines is 1. The Balaban J connectivity index is 2.32. The topological polar surface area (TPSA) is 66.6 Å². The highest BCUT2D eigenvalue weighted by Gasteiger charge is 2.31. The molecule has 2 aromatic rings. The number of benzene rings is 2. The van der Waals surface area contributed by atoms with E-state index in [-0.39, 0.29) is 11.3 Å². The van der Waals surface area contributed by atoms with Gasteiger partial charge in [-0.25, -0.2) is 10.9 Å². The van der Waals surface area contributed by atoms with E-state index in [0.717, 1.165) is 36.2 Å². The zero-order chi connectivity index (χ0) is 17.9. The number of hydrogen-bond donors (Lipinski definition) is 1. The molecule has 0 aliphatic carbocycles. The first-order valence-corrected chi connectivity index (χ1v) is 6.84. The van der Waals surface area contributed by atoms with Gasteiger partial charge in [-0.2, -0.15) is 18.3 Å². The van der Waals surface area contributed by atoms with Crippen molar-refractivity contribution in [3.63, 3.8) is 0 Å². The monoisotopic (exact) mass is 337 g/mol. The summed E-state index contributed by atoms with van der Waals surface area (Å²) in [5.41, 5.74) is -0.590. The Morgan fingerprint density at radius 1 is 0.958 bits per heavy atom. The lowest BCUT2D eigenvalue weighted by Gasteiger charge is -2.30. The predicted octanol–water partition coefficient (Wildman–Crippen LogP) is 2.99. The number of nitrogens with zero attached hydrogens (tertiary/aromatic N) is 2. The number of amides is 2. The van der Waals surface area contributed by atoms with Gasteiger partial charge in [-0.1, -0.05) is 18.2 Å². The fourth-order valence-corrected chi connectivity index (χ4v) is 2.05. The Kier molecular flexibility index (Phi) is 4.89. The number of alkyl halides is 3. The fraction of sp³-hybridized carbons (Fsp3) is 0.125. The van der Waals surface area contributed by atoms with Crippen LogP contribution in [0.15, 0.2) is 54.6 Å². The maximum Gasteiger partial charge on any atom is 0.416 e. The van der Waals surface area contributed by atoms with E-state index in [2.05, 4.69) is 0 Å². The first kappa shape index (κ1) is 17.5. The Labute approximate surface area is 136 Å². The SMILES string of the molecule is CC(=O)N(c1ccc(C(F)(F)F)cc1)N(N)C(=O)c1ccccc1. The van der Waals surface area contributed by atoms with E-state index in [4.69, 9.17) is 5.84 Å². The van der Waals surface area contributed by atoms with E-state index < -0.39 is 23.6 Å². The van der Waals surface area contributed by atoms with Crippen molar-refractivity contribution < 1.29 is 22.8 Å². The molecule has 0 heterocycles. The zero-order valence-corrected chi connectivity index (χ0v) is 12.6. The predicted molar refractivity (Wildman–Crippen MR) is 81.4 cm³/mol. The van der Waals surface area contributed by atoms with Gasteiger partial charge in [-0.15, -0.1) is 0 Å². The third-order valence-corrected chi connectivity index (χ3v) is 3.18. The van der Waals surface area contributed by atoms with Crippen molar-refractivity contribution in [3.05, 3.63) is 65.7 Å². The first-order chi connectivity index (χ1) is 11.2. The molecule has 126 valence electrons. The van der Waals surface area contributed by atoms with E-state index in [0.29, 0.717) is 5.12 Å². The number of nitrogens with two attached hydrogens (primary N) is 1. The maximum absolute atomic E-state index is 12.6. The summed E-state index contributed by atoms with van der Waals surface area (Å²) >= 11 is 0. The van der Waals surface area contributed by atoms with E-state index in [1.54, 1.807) is 18.2 Å². The number of carbonyl (C=O) groups excluding carboxylic acids is 2. The van der Waals surface area contributed by atoms with Crippen molar-refractivity contribution in [2.45, 2.75) is 13.1 Å². The molecule has 0 radical (unpaired) electrons. The lowest BCUT2D eigenvalue weighted by molar-refractivity contribution is -0.137. The van der Waals surface area contributed by atoms with Crippen molar-refractivity contribution in [1.82, 2.24) is 5.12 Å². The van der Waals surface area contributed by atoms with Crippen molar-refractivity contribution in [1.29, 1.82) is 0 Å². The van der Waals surface area contributed by atoms with E-state index in [9.17, 15) is 22.8 Å². The van der Waals surface area contributed by atoms with Gasteiger partial charge in [0.05, 0.1) is 11.3 Å². The van der Waals surface area contributed by atoms with Crippen molar-refractivity contribution in [3.8, 4) is 0 Å². The van der Waals surface area contributed by atoms with Gasteiger partial charge in [0, 0.05) is 12.5 Å². The van der Waals surface area contributed by atoms with Crippen LogP contribution < -0.4 is 10.9 Å². The molecule has 2 aromatic carbocycles. The van der Waals surface area contributed by atoms with E-state index in [1.807, 2.05) is 0 Å². The Morgan fingerprint density at radius 3 is 1.96 bits per heavy atom. The van der Waals surface area contributed by atoms with Crippen LogP contribution >= 0.6 is 0 Å². The fourth-order valence-electron chi connectivity index (χ4n) is 2.05. The average Bonchev–Trinajstić information content (AvgIpc) is 2.54. The summed E-state index contributed by atoms with van der Waals surface area (Å²) in [5.74, 6) is 4.42. The smallest absolute Gasteiger partial charge is 0.273 e. The highest BCUT2D eigenvalue weighted by molar-refractivity contribution is 6.00. The molecular formula is C16H14F3N3O2. The molecule has 0 atom stereocenters. The maximum atomic E-state index is 12.6. The molecule has 24 heavy (non-hydrogen) atoms. The minimum absolute atomic E-state index is 0.0438. The molecule has 2 rings (SSSR count). The molecule has 2 N–H and O–H groups in total. The Morgan fingerprint density at radius 2 is 1.50 bits per heavy atom. The summed E-state index contributed by atoms with van der Waals surface area (Å²) in [5, 5.41) is 1.37. The van der Waals surface area contributed by atoms with Gasteiger partial charge in [0.2, 0.25) is 5.91 Å². The molecule has 0 spiro atoms. The molecule has 0 aromatic heterocycles. The molecule has 0 saturated heterocycles. The van der Waals surface area contributed by atoms with Crippen LogP contribution in [0.25, 0.3) is 0 Å². The van der Waals surface area contributed by atoms with Gasteiger partial charge in [0.1, 0.15) is 0 Å². The second-order valence-electron chi connectivity index (χ2n) is 4.89. The van der Waals surface area contributed by atoms with Crippen molar-refractivity contribution in [2.75, 3.05) is 5.01 Å². The summed E-state index contributed by atoms with van der Waals surface area (Å²) in [6.07, 6.45) is -4.50. The molecule has 0 fully saturated rings. The second-order valence-corrected chi connectivity index (χ2v) is 4.89. The van der Waals surface area contributed by atoms with Gasteiger partial charge in [0.25, 0.3) is 5.91 Å². The second kappa shape index (κ2) is 6.71. The van der Waals surface area contributed by atoms with Crippen LogP contribution in [0, 0.1) is 0 Å². The van der Waals surface area contributed by atoms with Crippen LogP contribution in [0.1, 0.15) is 22.8 Å². The van der Waals surface area contributed by atoms with Gasteiger partial charge in [-0.3, -0.25) is 9.59 Å². The molecule has 0 unspecified atom stereocenters. The van der Waals surface area contributed by atoms with Crippen LogP contribution in [0.2, 0.25) is 0 Å². The number of rotatable bonds is 2. The first-order valence-electron chi connectivity index (χ1n) is 6.84. The Hall–Kier alpha value is -2.87. The van der Waals surface area contributed by atoms with E-state index in [1.165, 1.54) is 12.1 Å². The summed E-state index contributed by atoms with van der Waals surface area (Å²) in [6, 6.07) is 11.7. The number of hydrazine groups is 2. The summed E-state index contributed by atoms with van der Waals surface area (Å²) < 4.78 is 37.9. The quantitative estimate of drug-likeness (QED) is 0.520. The highest BCUT2D eigenvalue weighted by atomic mass is 19.4. The molecule has 0 saturated carbocycles. The highest BCUT2D eigenvalue weighted by Crippen LogP contribution is 2.30. The molecule has 0 aliphatic heterocycles. The van der Waals surface area contributed by atoms with Gasteiger partial charge in [-0.05, 0) is 36.4 Å². The minimum atomic E-state index is -4.50. The Bertz CT molecular complexity index is 730. The van der Waals surface area contributed by atoms with Crippen molar-refractivity contribution in [2.24, 2.45) is 5.84 Å². The van der Waals surface area contributed by atoms with Gasteiger partial charge >= 0.3 is 6.18 Å². The lowest BCUT2D eigenvalue weighted by atomic mass is 10.2. The standard InChI is InChI=1S/C16H14F3N3O2/c1-11(23)21(14-9-7-13(8-10-14)16(17,18)19)22(20)15(24)12-5-3-2-4-6-12/h2-10H,20H2,1H3. The summed E-state index contributed by atoms with van der Waals surface area (Å²) in [6.45, 7) is 1.15. The third-order valence-electron chi connectivity index (χ3n) is 3.18. The zero-order valence-electron chi connectivity index (χ0n) is 12.6. The number of halogens is 3.